The van der Waals surface area contributed by atoms with Crippen LogP contribution in [0, 0.1) is 6.92 Å². The van der Waals surface area contributed by atoms with Crippen molar-refractivity contribution >= 4 is 21.8 Å². The third-order valence-corrected chi connectivity index (χ3v) is 2.94. The summed E-state index contributed by atoms with van der Waals surface area (Å²) in [6.07, 6.45) is -5.06. The Morgan fingerprint density at radius 1 is 1.28 bits per heavy atom. The van der Waals surface area contributed by atoms with Crippen molar-refractivity contribution in [2.24, 2.45) is 0 Å². The van der Waals surface area contributed by atoms with Crippen molar-refractivity contribution in [3.63, 3.8) is 0 Å². The van der Waals surface area contributed by atoms with Crippen molar-refractivity contribution in [1.82, 2.24) is 0 Å². The zero-order valence-electron chi connectivity index (χ0n) is 8.88. The van der Waals surface area contributed by atoms with E-state index in [1.165, 1.54) is 12.2 Å². The highest BCUT2D eigenvalue weighted by Gasteiger charge is 2.38. The molecule has 0 saturated carbocycles. The molecule has 0 heterocycles. The van der Waals surface area contributed by atoms with Crippen LogP contribution in [-0.4, -0.2) is 20.5 Å². The fourth-order valence-electron chi connectivity index (χ4n) is 1.20. The van der Waals surface area contributed by atoms with Crippen LogP contribution in [0.5, 0.6) is 0 Å². The number of benzene rings is 1. The number of carbonyl (C=O) groups is 1. The molecule has 0 aliphatic rings. The Morgan fingerprint density at radius 2 is 1.83 bits per heavy atom. The summed E-state index contributed by atoms with van der Waals surface area (Å²) in [6, 6.07) is 2.57. The first-order valence-electron chi connectivity index (χ1n) is 4.45. The largest absolute Gasteiger partial charge is 0.471 e. The highest BCUT2D eigenvalue weighted by Crippen LogP contribution is 2.23. The Kier molecular flexibility index (Phi) is 3.65. The van der Waals surface area contributed by atoms with Gasteiger partial charge in [0.15, 0.2) is 0 Å². The molecule has 1 rings (SSSR count). The third-order valence-electron chi connectivity index (χ3n) is 1.95. The van der Waals surface area contributed by atoms with Gasteiger partial charge in [0.2, 0.25) is 0 Å². The molecule has 0 fully saturated rings. The number of hydrogen-bond donors (Lipinski definition) is 1. The molecule has 1 N–H and O–H groups in total. The Bertz CT molecular complexity index is 580. The van der Waals surface area contributed by atoms with E-state index in [2.05, 4.69) is 0 Å². The van der Waals surface area contributed by atoms with Gasteiger partial charge in [0, 0.05) is 5.69 Å². The molecule has 0 spiro atoms. The standard InChI is InChI=1S/C9H7F4NO3S/c1-5-4-6(14-8(15)9(10,11)12)2-3-7(5)18(13,16)17/h2-4H,1H3,(H,14,15). The van der Waals surface area contributed by atoms with E-state index in [4.69, 9.17) is 0 Å². The van der Waals surface area contributed by atoms with E-state index in [0.29, 0.717) is 0 Å². The van der Waals surface area contributed by atoms with Crippen molar-refractivity contribution in [3.05, 3.63) is 23.8 Å². The van der Waals surface area contributed by atoms with Crippen LogP contribution in [0.4, 0.5) is 22.7 Å². The summed E-state index contributed by atoms with van der Waals surface area (Å²) in [5.74, 6) is -2.20. The molecular weight excluding hydrogens is 278 g/mol. The number of hydrogen-bond acceptors (Lipinski definition) is 3. The number of aryl methyl sites for hydroxylation is 1. The maximum absolute atomic E-state index is 12.7. The van der Waals surface area contributed by atoms with Crippen LogP contribution < -0.4 is 5.32 Å². The Balaban J connectivity index is 3.04. The number of amides is 1. The van der Waals surface area contributed by atoms with Gasteiger partial charge in [0.1, 0.15) is 4.90 Å². The van der Waals surface area contributed by atoms with Crippen molar-refractivity contribution in [3.8, 4) is 0 Å². The Morgan fingerprint density at radius 3 is 2.22 bits per heavy atom. The second-order valence-electron chi connectivity index (χ2n) is 3.37. The topological polar surface area (TPSA) is 63.2 Å². The molecule has 9 heteroatoms. The first-order chi connectivity index (χ1) is 8.01. The molecule has 0 bridgehead atoms. The van der Waals surface area contributed by atoms with Crippen LogP contribution in [-0.2, 0) is 15.0 Å². The number of anilines is 1. The first kappa shape index (κ1) is 14.4. The molecule has 0 atom stereocenters. The molecule has 18 heavy (non-hydrogen) atoms. The lowest BCUT2D eigenvalue weighted by Gasteiger charge is -2.09. The van der Waals surface area contributed by atoms with Crippen molar-refractivity contribution in [1.29, 1.82) is 0 Å². The summed E-state index contributed by atoms with van der Waals surface area (Å²) in [6.45, 7) is 1.19. The highest BCUT2D eigenvalue weighted by molar-refractivity contribution is 7.86. The average molecular weight is 285 g/mol. The average Bonchev–Trinajstić information content (AvgIpc) is 2.13. The third kappa shape index (κ3) is 3.42. The molecule has 0 radical (unpaired) electrons. The number of nitrogens with one attached hydrogen (secondary N) is 1. The van der Waals surface area contributed by atoms with Gasteiger partial charge in [-0.2, -0.15) is 21.6 Å². The van der Waals surface area contributed by atoms with Gasteiger partial charge in [0.05, 0.1) is 0 Å². The number of halogens is 4. The molecule has 100 valence electrons. The Labute approximate surface area is 99.8 Å². The van der Waals surface area contributed by atoms with Crippen LogP contribution in [0.15, 0.2) is 23.1 Å². The van der Waals surface area contributed by atoms with Crippen molar-refractivity contribution in [2.45, 2.75) is 18.0 Å². The van der Waals surface area contributed by atoms with Crippen molar-refractivity contribution in [2.75, 3.05) is 5.32 Å². The smallest absolute Gasteiger partial charge is 0.318 e. The van der Waals surface area contributed by atoms with E-state index in [0.717, 1.165) is 18.2 Å². The molecule has 1 aromatic carbocycles. The van der Waals surface area contributed by atoms with E-state index in [9.17, 15) is 30.3 Å². The van der Waals surface area contributed by atoms with Gasteiger partial charge in [-0.05, 0) is 30.7 Å². The monoisotopic (exact) mass is 285 g/mol. The van der Waals surface area contributed by atoms with Gasteiger partial charge in [-0.25, -0.2) is 0 Å². The first-order valence-corrected chi connectivity index (χ1v) is 5.83. The van der Waals surface area contributed by atoms with E-state index < -0.39 is 27.2 Å². The summed E-state index contributed by atoms with van der Waals surface area (Å²) in [7, 11) is -4.94. The molecule has 1 amide bonds. The van der Waals surface area contributed by atoms with Crippen LogP contribution in [0.25, 0.3) is 0 Å². The lowest BCUT2D eigenvalue weighted by Crippen LogP contribution is -2.29. The maximum atomic E-state index is 12.7. The fourth-order valence-corrected chi connectivity index (χ4v) is 1.88. The molecule has 4 nitrogen and oxygen atoms in total. The van der Waals surface area contributed by atoms with E-state index >= 15 is 0 Å². The molecule has 0 unspecified atom stereocenters. The van der Waals surface area contributed by atoms with Gasteiger partial charge in [-0.1, -0.05) is 0 Å². The molecule has 0 aromatic heterocycles. The van der Waals surface area contributed by atoms with Gasteiger partial charge in [-0.15, -0.1) is 3.89 Å². The number of rotatable bonds is 2. The molecule has 0 aliphatic heterocycles. The van der Waals surface area contributed by atoms with Gasteiger partial charge >= 0.3 is 22.3 Å². The number of carbonyl (C=O) groups excluding carboxylic acids is 1. The van der Waals surface area contributed by atoms with Crippen molar-refractivity contribution < 1.29 is 30.3 Å². The second kappa shape index (κ2) is 4.56. The second-order valence-corrected chi connectivity index (χ2v) is 4.69. The van der Waals surface area contributed by atoms with E-state index in [-0.39, 0.29) is 11.3 Å². The number of alkyl halides is 3. The molecule has 0 saturated heterocycles. The van der Waals surface area contributed by atoms with Gasteiger partial charge in [0.25, 0.3) is 0 Å². The minimum Gasteiger partial charge on any atom is -0.318 e. The minimum absolute atomic E-state index is 0.113. The van der Waals surface area contributed by atoms with Crippen LogP contribution in [0.2, 0.25) is 0 Å². The summed E-state index contributed by atoms with van der Waals surface area (Å²) in [4.78, 5) is 9.94. The van der Waals surface area contributed by atoms with Crippen LogP contribution in [0.3, 0.4) is 0 Å². The van der Waals surface area contributed by atoms with Gasteiger partial charge < -0.3 is 5.32 Å². The van der Waals surface area contributed by atoms with Crippen LogP contribution >= 0.6 is 0 Å². The highest BCUT2D eigenvalue weighted by atomic mass is 32.3. The zero-order chi connectivity index (χ0) is 14.1. The Hall–Kier alpha value is -1.64. The summed E-state index contributed by atoms with van der Waals surface area (Å²) >= 11 is 0. The normalized spacial score (nSPS) is 12.3. The van der Waals surface area contributed by atoms with E-state index in [1.807, 2.05) is 0 Å². The lowest BCUT2D eigenvalue weighted by molar-refractivity contribution is -0.167. The summed E-state index contributed by atoms with van der Waals surface area (Å²) < 4.78 is 69.7. The minimum atomic E-state index is -5.06. The fraction of sp³-hybridized carbons (Fsp3) is 0.222. The zero-order valence-corrected chi connectivity index (χ0v) is 9.69. The summed E-state index contributed by atoms with van der Waals surface area (Å²) in [5, 5.41) is 1.52. The maximum Gasteiger partial charge on any atom is 0.471 e. The van der Waals surface area contributed by atoms with Gasteiger partial charge in [-0.3, -0.25) is 4.79 Å². The van der Waals surface area contributed by atoms with E-state index in [1.54, 1.807) is 0 Å². The molecule has 1 aromatic rings. The predicted molar refractivity (Wildman–Crippen MR) is 54.2 cm³/mol. The molecular formula is C9H7F4NO3S. The van der Waals surface area contributed by atoms with Crippen LogP contribution in [0.1, 0.15) is 5.56 Å². The molecule has 0 aliphatic carbocycles. The lowest BCUT2D eigenvalue weighted by atomic mass is 10.2. The SMILES string of the molecule is Cc1cc(NC(=O)C(F)(F)F)ccc1S(=O)(=O)F. The predicted octanol–water partition coefficient (Wildman–Crippen LogP) is 2.15. The quantitative estimate of drug-likeness (QED) is 0.669. The summed E-state index contributed by atoms with van der Waals surface area (Å²) in [5.41, 5.74) is -0.389.